The van der Waals surface area contributed by atoms with E-state index in [0.29, 0.717) is 25.9 Å². The van der Waals surface area contributed by atoms with Gasteiger partial charge in [-0.2, -0.15) is 0 Å². The Bertz CT molecular complexity index is 893. The number of aliphatic carboxylic acids is 1. The van der Waals surface area contributed by atoms with Crippen LogP contribution in [-0.2, 0) is 14.3 Å². The second-order valence-electron chi connectivity index (χ2n) is 12.9. The largest absolute Gasteiger partial charge is 0.481 e. The monoisotopic (exact) mass is 516 g/mol. The summed E-state index contributed by atoms with van der Waals surface area (Å²) in [6, 6.07) is 0. The molecule has 0 aromatic heterocycles. The van der Waals surface area contributed by atoms with E-state index in [0.717, 1.165) is 37.7 Å². The molecule has 0 amide bonds. The molecular formula is C32H52O5. The molecule has 0 aromatic carbocycles. The minimum absolute atomic E-state index is 0.0366. The summed E-state index contributed by atoms with van der Waals surface area (Å²) in [7, 11) is 0. The molecule has 5 nitrogen and oxygen atoms in total. The number of ether oxygens (including phenoxy) is 1. The van der Waals surface area contributed by atoms with E-state index < -0.39 is 11.6 Å². The topological polar surface area (TPSA) is 83.8 Å². The second-order valence-corrected chi connectivity index (χ2v) is 12.9. The number of hydrogen-bond acceptors (Lipinski definition) is 4. The van der Waals surface area contributed by atoms with E-state index in [4.69, 9.17) is 4.74 Å². The maximum atomic E-state index is 12.4. The van der Waals surface area contributed by atoms with Gasteiger partial charge in [0.15, 0.2) is 0 Å². The number of esters is 1. The minimum atomic E-state index is -0.871. The van der Waals surface area contributed by atoms with Gasteiger partial charge in [0.1, 0.15) is 0 Å². The number of rotatable bonds is 12. The molecule has 2 aliphatic carbocycles. The van der Waals surface area contributed by atoms with Gasteiger partial charge in [-0.05, 0) is 114 Å². The molecule has 5 heteroatoms. The van der Waals surface area contributed by atoms with E-state index in [-0.39, 0.29) is 46.9 Å². The standard InChI is InChI=1S/C32H52O5/c1-10-37-29(35)18-20-32(9)26(23(5)12-16-27(32)30(6,7)36)15-14-25-22(4)11-13-24(21(2)3)31(25,8)19-17-28(33)34/h11,24-27,36H,2,5,10,12-20H2,1,3-4,6-9H3,(H,33,34). The van der Waals surface area contributed by atoms with Crippen LogP contribution in [0.3, 0.4) is 0 Å². The first kappa shape index (κ1) is 31.3. The molecule has 0 aliphatic heterocycles. The van der Waals surface area contributed by atoms with E-state index in [2.05, 4.69) is 46.9 Å². The number of hydrogen-bond donors (Lipinski definition) is 2. The highest BCUT2D eigenvalue weighted by Gasteiger charge is 2.51. The summed E-state index contributed by atoms with van der Waals surface area (Å²) in [6.45, 7) is 23.5. The Morgan fingerprint density at radius 1 is 1.14 bits per heavy atom. The maximum Gasteiger partial charge on any atom is 0.305 e. The highest BCUT2D eigenvalue weighted by atomic mass is 16.5. The van der Waals surface area contributed by atoms with Crippen LogP contribution in [0.2, 0.25) is 0 Å². The molecule has 6 unspecified atom stereocenters. The average Bonchev–Trinajstić information content (AvgIpc) is 2.77. The Labute approximate surface area is 225 Å². The molecule has 0 bridgehead atoms. The summed E-state index contributed by atoms with van der Waals surface area (Å²) in [5.41, 5.74) is 2.30. The van der Waals surface area contributed by atoms with E-state index in [1.165, 1.54) is 11.1 Å². The van der Waals surface area contributed by atoms with Gasteiger partial charge in [0.05, 0.1) is 12.2 Å². The van der Waals surface area contributed by atoms with Gasteiger partial charge >= 0.3 is 11.9 Å². The van der Waals surface area contributed by atoms with Crippen LogP contribution in [0.25, 0.3) is 0 Å². The fourth-order valence-electron chi connectivity index (χ4n) is 8.05. The van der Waals surface area contributed by atoms with Gasteiger partial charge < -0.3 is 14.9 Å². The number of carbonyl (C=O) groups excluding carboxylic acids is 1. The summed E-state index contributed by atoms with van der Waals surface area (Å²) in [5.74, 6) is -0.262. The normalized spacial score (nSPS) is 32.5. The predicted octanol–water partition coefficient (Wildman–Crippen LogP) is 7.50. The smallest absolute Gasteiger partial charge is 0.305 e. The van der Waals surface area contributed by atoms with Crippen LogP contribution in [0, 0.1) is 34.5 Å². The molecule has 6 atom stereocenters. The number of carbonyl (C=O) groups is 2. The van der Waals surface area contributed by atoms with Gasteiger partial charge in [0, 0.05) is 12.8 Å². The zero-order chi connectivity index (χ0) is 28.2. The van der Waals surface area contributed by atoms with Gasteiger partial charge in [-0.1, -0.05) is 49.8 Å². The molecule has 2 N–H and O–H groups in total. The summed E-state index contributed by atoms with van der Waals surface area (Å²) in [4.78, 5) is 23.9. The fourth-order valence-corrected chi connectivity index (χ4v) is 8.05. The van der Waals surface area contributed by atoms with E-state index >= 15 is 0 Å². The van der Waals surface area contributed by atoms with Crippen molar-refractivity contribution in [3.05, 3.63) is 36.0 Å². The lowest BCUT2D eigenvalue weighted by molar-refractivity contribution is -0.146. The van der Waals surface area contributed by atoms with Crippen molar-refractivity contribution in [1.82, 2.24) is 0 Å². The fraction of sp³-hybridized carbons (Fsp3) is 0.750. The summed E-state index contributed by atoms with van der Waals surface area (Å²) in [6.07, 6.45) is 8.51. The highest BCUT2D eigenvalue weighted by molar-refractivity contribution is 5.69. The SMILES string of the molecule is C=C(C)C1CC=C(C)C(CCC2C(=C)CCC(C(C)(C)O)C2(C)CCC(=O)OCC)C1(C)CCC(=O)O. The lowest BCUT2D eigenvalue weighted by Gasteiger charge is -2.54. The maximum absolute atomic E-state index is 12.4. The van der Waals surface area contributed by atoms with Crippen LogP contribution in [0.1, 0.15) is 106 Å². The number of aliphatic hydroxyl groups is 1. The Hall–Kier alpha value is -1.88. The first-order valence-corrected chi connectivity index (χ1v) is 14.2. The molecule has 0 aromatic rings. The summed E-state index contributed by atoms with van der Waals surface area (Å²) >= 11 is 0. The van der Waals surface area contributed by atoms with Crippen LogP contribution < -0.4 is 0 Å². The van der Waals surface area contributed by atoms with E-state index in [1.54, 1.807) is 0 Å². The van der Waals surface area contributed by atoms with Crippen molar-refractivity contribution in [1.29, 1.82) is 0 Å². The average molecular weight is 517 g/mol. The third-order valence-corrected chi connectivity index (χ3v) is 9.90. The predicted molar refractivity (Wildman–Crippen MR) is 150 cm³/mol. The lowest BCUT2D eigenvalue weighted by atomic mass is 9.51. The van der Waals surface area contributed by atoms with Crippen molar-refractivity contribution >= 4 is 11.9 Å². The quantitative estimate of drug-likeness (QED) is 0.207. The molecule has 210 valence electrons. The van der Waals surface area contributed by atoms with Crippen molar-refractivity contribution < 1.29 is 24.5 Å². The summed E-state index contributed by atoms with van der Waals surface area (Å²) in [5, 5.41) is 20.7. The van der Waals surface area contributed by atoms with Crippen LogP contribution in [0.4, 0.5) is 0 Å². The molecule has 1 fully saturated rings. The molecule has 2 aliphatic rings. The Kier molecular flexibility index (Phi) is 10.4. The molecule has 0 heterocycles. The van der Waals surface area contributed by atoms with Crippen molar-refractivity contribution in [3.63, 3.8) is 0 Å². The number of carboxylic acid groups (broad SMARTS) is 1. The van der Waals surface area contributed by atoms with E-state index in [9.17, 15) is 19.8 Å². The third-order valence-electron chi connectivity index (χ3n) is 9.90. The van der Waals surface area contributed by atoms with Crippen molar-refractivity contribution in [2.75, 3.05) is 6.61 Å². The third kappa shape index (κ3) is 7.16. The van der Waals surface area contributed by atoms with Crippen molar-refractivity contribution in [2.24, 2.45) is 34.5 Å². The van der Waals surface area contributed by atoms with Gasteiger partial charge in [-0.15, -0.1) is 0 Å². The Morgan fingerprint density at radius 3 is 2.27 bits per heavy atom. The Morgan fingerprint density at radius 2 is 1.73 bits per heavy atom. The van der Waals surface area contributed by atoms with Gasteiger partial charge in [0.25, 0.3) is 0 Å². The zero-order valence-corrected chi connectivity index (χ0v) is 24.5. The van der Waals surface area contributed by atoms with Crippen LogP contribution in [0.5, 0.6) is 0 Å². The second kappa shape index (κ2) is 12.3. The van der Waals surface area contributed by atoms with Gasteiger partial charge in [-0.25, -0.2) is 0 Å². The van der Waals surface area contributed by atoms with Crippen LogP contribution >= 0.6 is 0 Å². The molecule has 0 saturated heterocycles. The number of carboxylic acids is 1. The molecule has 0 radical (unpaired) electrons. The van der Waals surface area contributed by atoms with Gasteiger partial charge in [-0.3, -0.25) is 9.59 Å². The molecule has 2 rings (SSSR count). The number of allylic oxidation sites excluding steroid dienone is 4. The van der Waals surface area contributed by atoms with Crippen molar-refractivity contribution in [2.45, 2.75) is 112 Å². The zero-order valence-electron chi connectivity index (χ0n) is 24.5. The first-order valence-electron chi connectivity index (χ1n) is 14.2. The van der Waals surface area contributed by atoms with Gasteiger partial charge in [0.2, 0.25) is 0 Å². The first-order chi connectivity index (χ1) is 17.1. The van der Waals surface area contributed by atoms with Crippen LogP contribution in [-0.4, -0.2) is 34.4 Å². The lowest BCUT2D eigenvalue weighted by Crippen LogP contribution is -2.50. The minimum Gasteiger partial charge on any atom is -0.481 e. The van der Waals surface area contributed by atoms with Crippen LogP contribution in [0.15, 0.2) is 36.0 Å². The summed E-state index contributed by atoms with van der Waals surface area (Å²) < 4.78 is 5.25. The molecule has 37 heavy (non-hydrogen) atoms. The molecular weight excluding hydrogens is 464 g/mol. The van der Waals surface area contributed by atoms with Crippen molar-refractivity contribution in [3.8, 4) is 0 Å². The molecule has 0 spiro atoms. The highest BCUT2D eigenvalue weighted by Crippen LogP contribution is 2.58. The Balaban J connectivity index is 2.40. The molecule has 1 saturated carbocycles. The van der Waals surface area contributed by atoms with E-state index in [1.807, 2.05) is 20.8 Å².